The molecule has 4 N–H and O–H groups in total. The number of aliphatic hydroxyl groups is 1. The molecule has 2 aromatic rings. The van der Waals surface area contributed by atoms with Gasteiger partial charge in [0.2, 0.25) is 10.0 Å². The van der Waals surface area contributed by atoms with E-state index in [2.05, 4.69) is 4.72 Å². The summed E-state index contributed by atoms with van der Waals surface area (Å²) in [6.45, 7) is 1.50. The number of nitrogens with two attached hydrogens (primary N) is 1. The first-order valence-corrected chi connectivity index (χ1v) is 7.96. The lowest BCUT2D eigenvalue weighted by Gasteiger charge is -2.17. The molecule has 0 radical (unpaired) electrons. The monoisotopic (exact) mass is 306 g/mol. The molecule has 0 bridgehead atoms. The molecule has 0 saturated heterocycles. The Morgan fingerprint density at radius 3 is 2.43 bits per heavy atom. The van der Waals surface area contributed by atoms with Crippen LogP contribution in [0.1, 0.15) is 17.2 Å². The van der Waals surface area contributed by atoms with Gasteiger partial charge in [0.25, 0.3) is 0 Å². The van der Waals surface area contributed by atoms with Crippen molar-refractivity contribution in [3.63, 3.8) is 0 Å². The fraction of sp³-hybridized carbons (Fsp3) is 0.200. The lowest BCUT2D eigenvalue weighted by Crippen LogP contribution is -2.31. The summed E-state index contributed by atoms with van der Waals surface area (Å²) in [5, 5.41) is 9.44. The van der Waals surface area contributed by atoms with Crippen molar-refractivity contribution in [3.8, 4) is 0 Å². The maximum Gasteiger partial charge on any atom is 0.243 e. The van der Waals surface area contributed by atoms with Crippen LogP contribution < -0.4 is 10.5 Å². The van der Waals surface area contributed by atoms with Gasteiger partial charge < -0.3 is 10.8 Å². The average molecular weight is 306 g/mol. The van der Waals surface area contributed by atoms with Crippen LogP contribution in [0.3, 0.4) is 0 Å². The molecule has 0 amide bonds. The van der Waals surface area contributed by atoms with Crippen LogP contribution in [0.15, 0.2) is 53.4 Å². The molecule has 0 heterocycles. The van der Waals surface area contributed by atoms with Crippen LogP contribution in [0, 0.1) is 6.92 Å². The first-order valence-electron chi connectivity index (χ1n) is 6.48. The fourth-order valence-corrected chi connectivity index (χ4v) is 3.39. The number of anilines is 1. The highest BCUT2D eigenvalue weighted by molar-refractivity contribution is 7.89. The van der Waals surface area contributed by atoms with Crippen molar-refractivity contribution in [2.75, 3.05) is 12.3 Å². The van der Waals surface area contributed by atoms with E-state index in [9.17, 15) is 13.5 Å². The van der Waals surface area contributed by atoms with Crippen LogP contribution >= 0.6 is 0 Å². The summed E-state index contributed by atoms with van der Waals surface area (Å²) in [6.07, 6.45) is 0. The van der Waals surface area contributed by atoms with E-state index in [4.69, 9.17) is 5.73 Å². The van der Waals surface area contributed by atoms with Gasteiger partial charge in [0, 0.05) is 0 Å². The van der Waals surface area contributed by atoms with E-state index in [-0.39, 0.29) is 17.2 Å². The lowest BCUT2D eigenvalue weighted by molar-refractivity contribution is 0.259. The van der Waals surface area contributed by atoms with Crippen molar-refractivity contribution < 1.29 is 13.5 Å². The van der Waals surface area contributed by atoms with Crippen molar-refractivity contribution in [3.05, 3.63) is 59.7 Å². The zero-order valence-electron chi connectivity index (χ0n) is 11.7. The molecule has 0 fully saturated rings. The lowest BCUT2D eigenvalue weighted by atomic mass is 10.1. The summed E-state index contributed by atoms with van der Waals surface area (Å²) in [4.78, 5) is 0.0162. The molecule has 21 heavy (non-hydrogen) atoms. The zero-order chi connectivity index (χ0) is 15.5. The maximum absolute atomic E-state index is 12.4. The standard InChI is InChI=1S/C15H18N2O3S/c1-11-7-8-15(13(16)9-11)21(19,20)17-14(10-18)12-5-3-2-4-6-12/h2-9,14,17-18H,10,16H2,1H3/t14-/m0/s1. The second-order valence-corrected chi connectivity index (χ2v) is 6.49. The second-order valence-electron chi connectivity index (χ2n) is 4.81. The Morgan fingerprint density at radius 1 is 1.19 bits per heavy atom. The minimum Gasteiger partial charge on any atom is -0.398 e. The van der Waals surface area contributed by atoms with Gasteiger partial charge in [-0.1, -0.05) is 36.4 Å². The highest BCUT2D eigenvalue weighted by Gasteiger charge is 2.22. The van der Waals surface area contributed by atoms with E-state index < -0.39 is 16.1 Å². The number of sulfonamides is 1. The number of aryl methyl sites for hydroxylation is 1. The summed E-state index contributed by atoms with van der Waals surface area (Å²) in [7, 11) is -3.80. The predicted molar refractivity (Wildman–Crippen MR) is 82.2 cm³/mol. The number of benzene rings is 2. The van der Waals surface area contributed by atoms with Crippen LogP contribution in [-0.4, -0.2) is 20.1 Å². The van der Waals surface area contributed by atoms with Crippen LogP contribution in [0.5, 0.6) is 0 Å². The Bertz CT molecular complexity index is 715. The third-order valence-electron chi connectivity index (χ3n) is 3.14. The van der Waals surface area contributed by atoms with Crippen LogP contribution in [-0.2, 0) is 10.0 Å². The molecular weight excluding hydrogens is 288 g/mol. The van der Waals surface area contributed by atoms with Gasteiger partial charge in [-0.15, -0.1) is 0 Å². The molecular formula is C15H18N2O3S. The molecule has 5 nitrogen and oxygen atoms in total. The summed E-state index contributed by atoms with van der Waals surface area (Å²) in [6, 6.07) is 12.9. The Balaban J connectivity index is 2.32. The molecule has 2 rings (SSSR count). The number of rotatable bonds is 5. The number of hydrogen-bond donors (Lipinski definition) is 3. The SMILES string of the molecule is Cc1ccc(S(=O)(=O)N[C@@H](CO)c2ccccc2)c(N)c1. The third kappa shape index (κ3) is 3.60. The topological polar surface area (TPSA) is 92.4 Å². The van der Waals surface area contributed by atoms with E-state index in [1.807, 2.05) is 13.0 Å². The molecule has 2 aromatic carbocycles. The Morgan fingerprint density at radius 2 is 1.86 bits per heavy atom. The van der Waals surface area contributed by atoms with Gasteiger partial charge in [0.05, 0.1) is 18.3 Å². The van der Waals surface area contributed by atoms with E-state index in [0.717, 1.165) is 5.56 Å². The molecule has 6 heteroatoms. The second kappa shape index (κ2) is 6.26. The maximum atomic E-state index is 12.4. The summed E-state index contributed by atoms with van der Waals surface area (Å²) in [5.74, 6) is 0. The van der Waals surface area contributed by atoms with Crippen molar-refractivity contribution >= 4 is 15.7 Å². The van der Waals surface area contributed by atoms with E-state index in [1.54, 1.807) is 36.4 Å². The fourth-order valence-electron chi connectivity index (χ4n) is 2.06. The van der Waals surface area contributed by atoms with Crippen molar-refractivity contribution in [1.29, 1.82) is 0 Å². The summed E-state index contributed by atoms with van der Waals surface area (Å²) in [5.41, 5.74) is 7.54. The zero-order valence-corrected chi connectivity index (χ0v) is 12.5. The van der Waals surface area contributed by atoms with Crippen LogP contribution in [0.4, 0.5) is 5.69 Å². The Labute approximate surface area is 124 Å². The number of nitrogens with one attached hydrogen (secondary N) is 1. The van der Waals surface area contributed by atoms with Gasteiger partial charge in [-0.05, 0) is 30.2 Å². The van der Waals surface area contributed by atoms with E-state index in [0.29, 0.717) is 5.56 Å². The van der Waals surface area contributed by atoms with Crippen molar-refractivity contribution in [1.82, 2.24) is 4.72 Å². The largest absolute Gasteiger partial charge is 0.398 e. The first kappa shape index (κ1) is 15.5. The minimum atomic E-state index is -3.80. The smallest absolute Gasteiger partial charge is 0.243 e. The normalized spacial score (nSPS) is 13.0. The van der Waals surface area contributed by atoms with Gasteiger partial charge in [0.1, 0.15) is 4.90 Å². The van der Waals surface area contributed by atoms with Crippen LogP contribution in [0.2, 0.25) is 0 Å². The van der Waals surface area contributed by atoms with Gasteiger partial charge >= 0.3 is 0 Å². The molecule has 112 valence electrons. The highest BCUT2D eigenvalue weighted by Crippen LogP contribution is 2.22. The molecule has 0 saturated carbocycles. The quantitative estimate of drug-likeness (QED) is 0.731. The minimum absolute atomic E-state index is 0.0162. The van der Waals surface area contributed by atoms with E-state index in [1.165, 1.54) is 6.07 Å². The highest BCUT2D eigenvalue weighted by atomic mass is 32.2. The Kier molecular flexibility index (Phi) is 4.62. The summed E-state index contributed by atoms with van der Waals surface area (Å²) >= 11 is 0. The molecule has 0 aliphatic carbocycles. The molecule has 0 unspecified atom stereocenters. The predicted octanol–water partition coefficient (Wildman–Crippen LogP) is 1.59. The number of nitrogen functional groups attached to an aromatic ring is 1. The Hall–Kier alpha value is -1.89. The first-order chi connectivity index (χ1) is 9.94. The summed E-state index contributed by atoms with van der Waals surface area (Å²) < 4.78 is 27.3. The molecule has 0 spiro atoms. The van der Waals surface area contributed by atoms with Gasteiger partial charge in [-0.25, -0.2) is 13.1 Å². The van der Waals surface area contributed by atoms with Crippen molar-refractivity contribution in [2.45, 2.75) is 17.9 Å². The number of hydrogen-bond acceptors (Lipinski definition) is 4. The molecule has 1 atom stereocenters. The molecule has 0 aliphatic rings. The molecule has 0 aliphatic heterocycles. The van der Waals surface area contributed by atoms with Crippen LogP contribution in [0.25, 0.3) is 0 Å². The van der Waals surface area contributed by atoms with Gasteiger partial charge in [-0.3, -0.25) is 0 Å². The average Bonchev–Trinajstić information content (AvgIpc) is 2.45. The van der Waals surface area contributed by atoms with E-state index >= 15 is 0 Å². The number of aliphatic hydroxyl groups excluding tert-OH is 1. The van der Waals surface area contributed by atoms with Gasteiger partial charge in [0.15, 0.2) is 0 Å². The molecule has 0 aromatic heterocycles. The van der Waals surface area contributed by atoms with Crippen molar-refractivity contribution in [2.24, 2.45) is 0 Å². The van der Waals surface area contributed by atoms with Gasteiger partial charge in [-0.2, -0.15) is 0 Å². The third-order valence-corrected chi connectivity index (χ3v) is 4.68.